The molecule has 2 atom stereocenters. The van der Waals surface area contributed by atoms with Gasteiger partial charge in [-0.2, -0.15) is 0 Å². The quantitative estimate of drug-likeness (QED) is 0.827. The summed E-state index contributed by atoms with van der Waals surface area (Å²) in [6.45, 7) is 3.95. The largest absolute Gasteiger partial charge is 0.370 e. The number of nitrogens with zero attached hydrogens (tertiary/aromatic N) is 1. The summed E-state index contributed by atoms with van der Waals surface area (Å²) >= 11 is 1.64. The van der Waals surface area contributed by atoms with Gasteiger partial charge in [0.15, 0.2) is 0 Å². The van der Waals surface area contributed by atoms with Crippen LogP contribution >= 0.6 is 11.3 Å². The fourth-order valence-electron chi connectivity index (χ4n) is 1.63. The Kier molecular flexibility index (Phi) is 4.86. The van der Waals surface area contributed by atoms with Crippen LogP contribution in [-0.2, 0) is 9.59 Å². The highest BCUT2D eigenvalue weighted by Gasteiger charge is 2.24. The highest BCUT2D eigenvalue weighted by atomic mass is 32.1. The number of primary amides is 1. The molecule has 1 heterocycles. The standard InChI is InChI=1S/C12H19N3O2S/c1-7-4-5-10(18-7)8(2)15(3)12(17)9(13)6-11(14)16/h4-5,8-9H,6,13H2,1-3H3,(H2,14,16). The van der Waals surface area contributed by atoms with Crippen molar-refractivity contribution in [2.45, 2.75) is 32.4 Å². The van der Waals surface area contributed by atoms with Crippen LogP contribution in [0.15, 0.2) is 12.1 Å². The Morgan fingerprint density at radius 3 is 2.50 bits per heavy atom. The molecule has 0 spiro atoms. The van der Waals surface area contributed by atoms with Gasteiger partial charge in [0.05, 0.1) is 18.5 Å². The monoisotopic (exact) mass is 269 g/mol. The van der Waals surface area contributed by atoms with Crippen LogP contribution in [0.2, 0.25) is 0 Å². The molecule has 0 fully saturated rings. The summed E-state index contributed by atoms with van der Waals surface area (Å²) in [5, 5.41) is 0. The molecule has 1 aromatic heterocycles. The third kappa shape index (κ3) is 3.54. The van der Waals surface area contributed by atoms with E-state index in [2.05, 4.69) is 0 Å². The molecule has 2 unspecified atom stereocenters. The van der Waals surface area contributed by atoms with E-state index < -0.39 is 11.9 Å². The SMILES string of the molecule is Cc1ccc(C(C)N(C)C(=O)C(N)CC(N)=O)s1. The van der Waals surface area contributed by atoms with Crippen LogP contribution in [0.5, 0.6) is 0 Å². The third-order valence-electron chi connectivity index (χ3n) is 2.84. The van der Waals surface area contributed by atoms with Crippen molar-refractivity contribution in [3.05, 3.63) is 21.9 Å². The zero-order valence-corrected chi connectivity index (χ0v) is 11.7. The van der Waals surface area contributed by atoms with Crippen molar-refractivity contribution in [2.75, 3.05) is 7.05 Å². The van der Waals surface area contributed by atoms with E-state index in [4.69, 9.17) is 11.5 Å². The number of likely N-dealkylation sites (N-methyl/N-ethyl adjacent to an activating group) is 1. The first-order valence-corrected chi connectivity index (χ1v) is 6.51. The third-order valence-corrected chi connectivity index (χ3v) is 4.01. The smallest absolute Gasteiger partial charge is 0.240 e. The Bertz CT molecular complexity index is 444. The maximum absolute atomic E-state index is 12.0. The molecule has 0 saturated carbocycles. The number of aryl methyl sites for hydroxylation is 1. The van der Waals surface area contributed by atoms with Crippen LogP contribution in [0.4, 0.5) is 0 Å². The maximum Gasteiger partial charge on any atom is 0.240 e. The summed E-state index contributed by atoms with van der Waals surface area (Å²) in [6.07, 6.45) is -0.126. The molecule has 0 saturated heterocycles. The van der Waals surface area contributed by atoms with Crippen LogP contribution in [0.25, 0.3) is 0 Å². The average molecular weight is 269 g/mol. The van der Waals surface area contributed by atoms with Gasteiger partial charge in [-0.1, -0.05) is 0 Å². The molecule has 0 aromatic carbocycles. The Balaban J connectivity index is 2.71. The molecular weight excluding hydrogens is 250 g/mol. The van der Waals surface area contributed by atoms with Gasteiger partial charge < -0.3 is 16.4 Å². The lowest BCUT2D eigenvalue weighted by Crippen LogP contribution is -2.44. The topological polar surface area (TPSA) is 89.4 Å². The zero-order valence-electron chi connectivity index (χ0n) is 10.8. The van der Waals surface area contributed by atoms with Crippen LogP contribution < -0.4 is 11.5 Å². The Morgan fingerprint density at radius 1 is 1.44 bits per heavy atom. The van der Waals surface area contributed by atoms with Crippen molar-refractivity contribution in [3.8, 4) is 0 Å². The first-order chi connectivity index (χ1) is 8.32. The Labute approximate surface area is 111 Å². The molecule has 0 bridgehead atoms. The minimum Gasteiger partial charge on any atom is -0.370 e. The van der Waals surface area contributed by atoms with E-state index in [0.29, 0.717) is 0 Å². The summed E-state index contributed by atoms with van der Waals surface area (Å²) in [5.74, 6) is -0.837. The molecule has 100 valence electrons. The number of rotatable bonds is 5. The normalized spacial score (nSPS) is 14.0. The number of carbonyl (C=O) groups excluding carboxylic acids is 2. The van der Waals surface area contributed by atoms with Crippen molar-refractivity contribution < 1.29 is 9.59 Å². The number of hydrogen-bond acceptors (Lipinski definition) is 4. The number of carbonyl (C=O) groups is 2. The minimum atomic E-state index is -0.865. The van der Waals surface area contributed by atoms with Crippen LogP contribution in [0, 0.1) is 6.92 Å². The second kappa shape index (κ2) is 5.97. The summed E-state index contributed by atoms with van der Waals surface area (Å²) in [6, 6.07) is 3.08. The van der Waals surface area contributed by atoms with E-state index in [1.165, 1.54) is 4.88 Å². The molecule has 18 heavy (non-hydrogen) atoms. The van der Waals surface area contributed by atoms with Gasteiger partial charge in [-0.15, -0.1) is 11.3 Å². The molecule has 0 aliphatic rings. The van der Waals surface area contributed by atoms with Crippen molar-refractivity contribution in [1.82, 2.24) is 4.90 Å². The summed E-state index contributed by atoms with van der Waals surface area (Å²) in [5.41, 5.74) is 10.7. The molecule has 4 N–H and O–H groups in total. The Hall–Kier alpha value is -1.40. The van der Waals surface area contributed by atoms with Crippen molar-refractivity contribution in [1.29, 1.82) is 0 Å². The molecule has 1 aromatic rings. The molecular formula is C12H19N3O2S. The fourth-order valence-corrected chi connectivity index (χ4v) is 2.60. The second-order valence-electron chi connectivity index (χ2n) is 4.35. The zero-order chi connectivity index (χ0) is 13.9. The van der Waals surface area contributed by atoms with Crippen LogP contribution in [0.3, 0.4) is 0 Å². The molecule has 0 radical (unpaired) electrons. The summed E-state index contributed by atoms with van der Waals surface area (Å²) in [4.78, 5) is 26.6. The number of thiophene rings is 1. The Morgan fingerprint density at radius 2 is 2.06 bits per heavy atom. The van der Waals surface area contributed by atoms with E-state index in [-0.39, 0.29) is 18.4 Å². The summed E-state index contributed by atoms with van der Waals surface area (Å²) < 4.78 is 0. The van der Waals surface area contributed by atoms with Crippen molar-refractivity contribution in [3.63, 3.8) is 0 Å². The van der Waals surface area contributed by atoms with Crippen molar-refractivity contribution >= 4 is 23.2 Å². The number of amides is 2. The number of hydrogen-bond donors (Lipinski definition) is 2. The van der Waals surface area contributed by atoms with Crippen molar-refractivity contribution in [2.24, 2.45) is 11.5 Å². The highest BCUT2D eigenvalue weighted by Crippen LogP contribution is 2.26. The number of nitrogens with two attached hydrogens (primary N) is 2. The van der Waals surface area contributed by atoms with Gasteiger partial charge in [-0.3, -0.25) is 9.59 Å². The highest BCUT2D eigenvalue weighted by molar-refractivity contribution is 7.12. The lowest BCUT2D eigenvalue weighted by molar-refractivity contribution is -0.135. The molecule has 2 amide bonds. The lowest BCUT2D eigenvalue weighted by atomic mass is 10.1. The summed E-state index contributed by atoms with van der Waals surface area (Å²) in [7, 11) is 1.68. The van der Waals surface area contributed by atoms with E-state index in [0.717, 1.165) is 4.88 Å². The first-order valence-electron chi connectivity index (χ1n) is 5.69. The van der Waals surface area contributed by atoms with Gasteiger partial charge >= 0.3 is 0 Å². The molecule has 0 aliphatic heterocycles. The lowest BCUT2D eigenvalue weighted by Gasteiger charge is -2.26. The van der Waals surface area contributed by atoms with Gasteiger partial charge in [0.2, 0.25) is 11.8 Å². The van der Waals surface area contributed by atoms with Gasteiger partial charge in [0.25, 0.3) is 0 Å². The van der Waals surface area contributed by atoms with E-state index in [9.17, 15) is 9.59 Å². The average Bonchev–Trinajstić information content (AvgIpc) is 2.72. The van der Waals surface area contributed by atoms with Gasteiger partial charge in [-0.25, -0.2) is 0 Å². The van der Waals surface area contributed by atoms with Gasteiger partial charge in [0.1, 0.15) is 0 Å². The fraction of sp³-hybridized carbons (Fsp3) is 0.500. The van der Waals surface area contributed by atoms with Crippen LogP contribution in [-0.4, -0.2) is 29.8 Å². The van der Waals surface area contributed by atoms with Gasteiger partial charge in [0, 0.05) is 16.8 Å². The molecule has 5 nitrogen and oxygen atoms in total. The van der Waals surface area contributed by atoms with Gasteiger partial charge in [-0.05, 0) is 26.0 Å². The second-order valence-corrected chi connectivity index (χ2v) is 5.67. The molecule has 6 heteroatoms. The minimum absolute atomic E-state index is 0.0601. The van der Waals surface area contributed by atoms with E-state index >= 15 is 0 Å². The predicted molar refractivity (Wildman–Crippen MR) is 72.0 cm³/mol. The van der Waals surface area contributed by atoms with Crippen LogP contribution in [0.1, 0.15) is 29.1 Å². The first kappa shape index (κ1) is 14.7. The molecule has 1 rings (SSSR count). The predicted octanol–water partition coefficient (Wildman–Crippen LogP) is 0.779. The van der Waals surface area contributed by atoms with E-state index in [1.54, 1.807) is 23.3 Å². The molecule has 0 aliphatic carbocycles. The van der Waals surface area contributed by atoms with E-state index in [1.807, 2.05) is 26.0 Å². The maximum atomic E-state index is 12.0.